The molecule has 40 heavy (non-hydrogen) atoms. The van der Waals surface area contributed by atoms with E-state index in [9.17, 15) is 9.59 Å². The highest BCUT2D eigenvalue weighted by molar-refractivity contribution is 6.30. The van der Waals surface area contributed by atoms with Gasteiger partial charge in [-0.1, -0.05) is 52.8 Å². The number of anilines is 1. The molecule has 0 fully saturated rings. The maximum absolute atomic E-state index is 12.9. The quantitative estimate of drug-likeness (QED) is 0.149. The monoisotopic (exact) mass is 563 g/mol. The molecule has 0 radical (unpaired) electrons. The number of carbonyl (C=O) groups is 1. The van der Waals surface area contributed by atoms with E-state index in [-0.39, 0.29) is 11.1 Å². The van der Waals surface area contributed by atoms with Crippen LogP contribution in [0.5, 0.6) is 5.75 Å². The van der Waals surface area contributed by atoms with E-state index in [2.05, 4.69) is 32.2 Å². The Balaban J connectivity index is 0.00000216. The third-order valence-corrected chi connectivity index (χ3v) is 5.67. The van der Waals surface area contributed by atoms with Crippen LogP contribution in [0.25, 0.3) is 16.9 Å². The number of hydrogen-bond acceptors (Lipinski definition) is 5. The normalized spacial score (nSPS) is 12.0. The largest absolute Gasteiger partial charge is 0.460 e. The average Bonchev–Trinajstić information content (AvgIpc) is 3.51. The van der Waals surface area contributed by atoms with Gasteiger partial charge in [0.05, 0.1) is 11.4 Å². The third kappa shape index (κ3) is 7.51. The van der Waals surface area contributed by atoms with Crippen LogP contribution in [0, 0.1) is 0 Å². The number of pyridine rings is 1. The Labute approximate surface area is 237 Å². The van der Waals surface area contributed by atoms with Crippen LogP contribution in [0.3, 0.4) is 0 Å². The van der Waals surface area contributed by atoms with Gasteiger partial charge in [-0.25, -0.2) is 19.3 Å². The molecule has 10 nitrogen and oxygen atoms in total. The zero-order chi connectivity index (χ0) is 29.4. The molecule has 4 N–H and O–H groups in total. The summed E-state index contributed by atoms with van der Waals surface area (Å²) in [6.07, 6.45) is 6.36. The van der Waals surface area contributed by atoms with Crippen molar-refractivity contribution in [2.45, 2.75) is 47.0 Å². The van der Waals surface area contributed by atoms with Crippen molar-refractivity contribution in [1.29, 1.82) is 0 Å². The fourth-order valence-corrected chi connectivity index (χ4v) is 3.59. The molecule has 0 atom stereocenters. The van der Waals surface area contributed by atoms with Gasteiger partial charge in [-0.2, -0.15) is 5.10 Å². The molecule has 1 aromatic carbocycles. The number of halogens is 1. The van der Waals surface area contributed by atoms with E-state index in [1.807, 2.05) is 52.8 Å². The Hall–Kier alpha value is -4.57. The standard InChI is InChI=1S/C27H28ClN7O3.C2H6/c1-6-18(10-7-16(2)38-20-13-14-29-24-23(20)32-26(37)33-24)30-25(36)31-22-15-21(27(3,4)5)34-35(22)19-11-8-17(28)9-12-19;1-2/h6-15H,1H2,2-5H3,(H2,30,31,36)(H2,29,32,33,37);1-2H3/b16-7+,18-10+;. The number of aromatic amines is 2. The maximum Gasteiger partial charge on any atom is 0.325 e. The zero-order valence-electron chi connectivity index (χ0n) is 23.4. The number of H-pyrrole nitrogens is 2. The molecule has 11 heteroatoms. The Bertz CT molecular complexity index is 1600. The van der Waals surface area contributed by atoms with Crippen molar-refractivity contribution in [3.05, 3.63) is 100 Å². The van der Waals surface area contributed by atoms with Crippen LogP contribution >= 0.6 is 11.6 Å². The summed E-state index contributed by atoms with van der Waals surface area (Å²) in [7, 11) is 0. The first-order chi connectivity index (χ1) is 19.0. The van der Waals surface area contributed by atoms with Crippen LogP contribution in [0.2, 0.25) is 5.02 Å². The van der Waals surface area contributed by atoms with E-state index in [4.69, 9.17) is 21.4 Å². The van der Waals surface area contributed by atoms with Gasteiger partial charge in [-0.05, 0) is 49.4 Å². The van der Waals surface area contributed by atoms with Crippen molar-refractivity contribution >= 4 is 34.6 Å². The molecule has 0 bridgehead atoms. The van der Waals surface area contributed by atoms with Gasteiger partial charge >= 0.3 is 11.7 Å². The van der Waals surface area contributed by atoms with Gasteiger partial charge in [0.2, 0.25) is 0 Å². The first kappa shape index (κ1) is 30.0. The molecular formula is C29H34ClN7O3. The number of amides is 2. The number of aromatic nitrogens is 5. The number of carbonyl (C=O) groups excluding carboxylic acids is 1. The topological polar surface area (TPSA) is 130 Å². The van der Waals surface area contributed by atoms with Crippen molar-refractivity contribution < 1.29 is 9.53 Å². The van der Waals surface area contributed by atoms with E-state index in [1.54, 1.807) is 42.0 Å². The molecule has 0 aliphatic heterocycles. The number of rotatable bonds is 7. The second kappa shape index (κ2) is 13.0. The van der Waals surface area contributed by atoms with Crippen LogP contribution in [-0.2, 0) is 5.41 Å². The average molecular weight is 564 g/mol. The molecule has 4 rings (SSSR count). The molecular weight excluding hydrogens is 530 g/mol. The summed E-state index contributed by atoms with van der Waals surface area (Å²) in [6, 6.07) is 10.2. The fourth-order valence-electron chi connectivity index (χ4n) is 3.47. The second-order valence-corrected chi connectivity index (χ2v) is 9.89. The molecule has 4 aromatic rings. The SMILES string of the molecule is C=C/C(=C\C=C(/C)Oc1ccnc2[nH]c(=O)[nH]c12)NC(=O)Nc1cc(C(C)(C)C)nn1-c1ccc(Cl)cc1.CC. The molecule has 0 saturated heterocycles. The van der Waals surface area contributed by atoms with Crippen molar-refractivity contribution in [1.82, 2.24) is 30.0 Å². The van der Waals surface area contributed by atoms with E-state index >= 15 is 0 Å². The third-order valence-electron chi connectivity index (χ3n) is 5.42. The first-order valence-corrected chi connectivity index (χ1v) is 13.1. The number of nitrogens with zero attached hydrogens (tertiary/aromatic N) is 3. The Morgan fingerprint density at radius 3 is 2.48 bits per heavy atom. The van der Waals surface area contributed by atoms with Crippen LogP contribution in [0.4, 0.5) is 10.6 Å². The zero-order valence-corrected chi connectivity index (χ0v) is 24.2. The highest BCUT2D eigenvalue weighted by atomic mass is 35.5. The molecule has 0 spiro atoms. The highest BCUT2D eigenvalue weighted by Crippen LogP contribution is 2.27. The number of imidazole rings is 1. The van der Waals surface area contributed by atoms with Crippen molar-refractivity contribution in [2.24, 2.45) is 0 Å². The lowest BCUT2D eigenvalue weighted by Crippen LogP contribution is -2.28. The van der Waals surface area contributed by atoms with Gasteiger partial charge in [0.1, 0.15) is 17.1 Å². The molecule has 3 heterocycles. The molecule has 210 valence electrons. The highest BCUT2D eigenvalue weighted by Gasteiger charge is 2.21. The Morgan fingerprint density at radius 2 is 1.82 bits per heavy atom. The van der Waals surface area contributed by atoms with Gasteiger partial charge in [-0.15, -0.1) is 0 Å². The minimum atomic E-state index is -0.473. The van der Waals surface area contributed by atoms with Gasteiger partial charge in [0.15, 0.2) is 11.4 Å². The number of ether oxygens (including phenoxy) is 1. The first-order valence-electron chi connectivity index (χ1n) is 12.7. The summed E-state index contributed by atoms with van der Waals surface area (Å²) >= 11 is 6.04. The summed E-state index contributed by atoms with van der Waals surface area (Å²) in [6.45, 7) is 15.7. The smallest absolute Gasteiger partial charge is 0.325 e. The van der Waals surface area contributed by atoms with Crippen LogP contribution in [-0.4, -0.2) is 30.8 Å². The predicted molar refractivity (Wildman–Crippen MR) is 160 cm³/mol. The van der Waals surface area contributed by atoms with Crippen molar-refractivity contribution in [3.8, 4) is 11.4 Å². The van der Waals surface area contributed by atoms with Gasteiger partial charge in [0, 0.05) is 34.5 Å². The number of hydrogen-bond donors (Lipinski definition) is 4. The lowest BCUT2D eigenvalue weighted by atomic mass is 9.92. The van der Waals surface area contributed by atoms with Gasteiger partial charge < -0.3 is 15.0 Å². The molecule has 0 aliphatic rings. The summed E-state index contributed by atoms with van der Waals surface area (Å²) in [5.41, 5.74) is 2.26. The molecule has 2 amide bonds. The summed E-state index contributed by atoms with van der Waals surface area (Å²) in [5, 5.41) is 10.9. The summed E-state index contributed by atoms with van der Waals surface area (Å²) < 4.78 is 7.51. The number of fused-ring (bicyclic) bond motifs is 1. The molecule has 0 saturated carbocycles. The molecule has 0 unspecified atom stereocenters. The fraction of sp³-hybridized carbons (Fsp3) is 0.241. The van der Waals surface area contributed by atoms with Crippen LogP contribution in [0.1, 0.15) is 47.2 Å². The number of benzene rings is 1. The minimum Gasteiger partial charge on any atom is -0.460 e. The van der Waals surface area contributed by atoms with Crippen molar-refractivity contribution in [2.75, 3.05) is 5.32 Å². The van der Waals surface area contributed by atoms with Crippen molar-refractivity contribution in [3.63, 3.8) is 0 Å². The minimum absolute atomic E-state index is 0.229. The number of nitrogens with one attached hydrogen (secondary N) is 4. The van der Waals surface area contributed by atoms with Gasteiger partial charge in [0.25, 0.3) is 0 Å². The van der Waals surface area contributed by atoms with E-state index in [0.717, 1.165) is 11.4 Å². The summed E-state index contributed by atoms with van der Waals surface area (Å²) in [5.74, 6) is 1.44. The number of urea groups is 1. The van der Waals surface area contributed by atoms with Crippen LogP contribution < -0.4 is 21.1 Å². The lowest BCUT2D eigenvalue weighted by molar-refractivity contribution is 0.254. The second-order valence-electron chi connectivity index (χ2n) is 9.45. The summed E-state index contributed by atoms with van der Waals surface area (Å²) in [4.78, 5) is 33.8. The maximum atomic E-state index is 12.9. The van der Waals surface area contributed by atoms with Crippen LogP contribution in [0.15, 0.2) is 83.7 Å². The Morgan fingerprint density at radius 1 is 1.12 bits per heavy atom. The van der Waals surface area contributed by atoms with Gasteiger partial charge in [-0.3, -0.25) is 10.3 Å². The lowest BCUT2D eigenvalue weighted by Gasteiger charge is -2.14. The number of allylic oxidation sites excluding steroid dienone is 4. The Kier molecular flexibility index (Phi) is 9.73. The van der Waals surface area contributed by atoms with E-state index in [0.29, 0.717) is 39.2 Å². The van der Waals surface area contributed by atoms with E-state index < -0.39 is 6.03 Å². The molecule has 0 aliphatic carbocycles. The van der Waals surface area contributed by atoms with E-state index in [1.165, 1.54) is 12.3 Å². The molecule has 3 aromatic heterocycles. The predicted octanol–water partition coefficient (Wildman–Crippen LogP) is 6.59.